The van der Waals surface area contributed by atoms with Crippen LogP contribution in [0.4, 0.5) is 0 Å². The van der Waals surface area contributed by atoms with Crippen molar-refractivity contribution >= 4 is 11.9 Å². The molecule has 0 aliphatic heterocycles. The van der Waals surface area contributed by atoms with Crippen LogP contribution in [-0.4, -0.2) is 47.4 Å². The highest BCUT2D eigenvalue weighted by Crippen LogP contribution is 2.20. The molecule has 0 aromatic heterocycles. The number of nitrogens with one attached hydrogen (secondary N) is 1. The van der Waals surface area contributed by atoms with E-state index in [1.807, 2.05) is 0 Å². The van der Waals surface area contributed by atoms with Crippen LogP contribution in [-0.2, 0) is 14.3 Å². The fourth-order valence-corrected chi connectivity index (χ4v) is 12.8. The molecule has 0 aliphatic rings. The summed E-state index contributed by atoms with van der Waals surface area (Å²) in [6.45, 7) is 5.02. The van der Waals surface area contributed by atoms with E-state index < -0.39 is 12.1 Å². The lowest BCUT2D eigenvalue weighted by molar-refractivity contribution is -0.143. The first kappa shape index (κ1) is 81.9. The van der Waals surface area contributed by atoms with Gasteiger partial charge in [-0.3, -0.25) is 9.59 Å². The summed E-state index contributed by atoms with van der Waals surface area (Å²) in [5.41, 5.74) is 0. The molecular weight excluding hydrogens is 1020 g/mol. The third-order valence-electron chi connectivity index (χ3n) is 18.7. The molecule has 3 N–H and O–H groups in total. The SMILES string of the molecule is CCCCCCCCCCCCCCCCCCCCCCCCCC(O)C(CO)NC(=O)CCCCCCCCCCCCCCCCCCCCCCCCCCCCOC(=O)CCCCCCCCCCCCCCCCCCC. The summed E-state index contributed by atoms with van der Waals surface area (Å²) in [5.74, 6) is -0.00335. The molecule has 0 spiro atoms. The van der Waals surface area contributed by atoms with Crippen molar-refractivity contribution in [1.82, 2.24) is 5.32 Å². The number of esters is 1. The highest BCUT2D eigenvalue weighted by molar-refractivity contribution is 5.76. The van der Waals surface area contributed by atoms with Gasteiger partial charge in [-0.1, -0.05) is 418 Å². The van der Waals surface area contributed by atoms with E-state index in [4.69, 9.17) is 4.74 Å². The Balaban J connectivity index is 3.34. The Morgan fingerprint density at radius 2 is 0.494 bits per heavy atom. The third-order valence-corrected chi connectivity index (χ3v) is 18.7. The van der Waals surface area contributed by atoms with Crippen molar-refractivity contribution in [3.8, 4) is 0 Å². The third kappa shape index (κ3) is 69.8. The standard InChI is InChI=1S/C77H153NO5/c1-3-5-7-9-11-13-15-17-19-21-22-23-28-31-34-38-41-45-49-53-57-61-65-69-75(80)74(73-79)78-76(81)70-66-62-58-54-50-46-42-39-35-32-29-26-24-25-27-30-33-36-40-44-48-52-56-60-64-68-72-83-77(82)71-67-63-59-55-51-47-43-37-20-18-16-14-12-10-8-6-4-2/h74-75,79-80H,3-73H2,1-2H3,(H,78,81). The van der Waals surface area contributed by atoms with Crippen molar-refractivity contribution in [3.63, 3.8) is 0 Å². The van der Waals surface area contributed by atoms with Gasteiger partial charge in [-0.2, -0.15) is 0 Å². The number of amides is 1. The van der Waals surface area contributed by atoms with Crippen LogP contribution in [0.25, 0.3) is 0 Å². The highest BCUT2D eigenvalue weighted by atomic mass is 16.5. The number of aliphatic hydroxyl groups excluding tert-OH is 2. The van der Waals surface area contributed by atoms with Crippen LogP contribution in [0.2, 0.25) is 0 Å². The molecule has 0 radical (unpaired) electrons. The Morgan fingerprint density at radius 3 is 0.735 bits per heavy atom. The van der Waals surface area contributed by atoms with Crippen molar-refractivity contribution in [2.75, 3.05) is 13.2 Å². The van der Waals surface area contributed by atoms with Gasteiger partial charge in [-0.05, 0) is 25.7 Å². The van der Waals surface area contributed by atoms with Crippen molar-refractivity contribution in [2.45, 2.75) is 469 Å². The molecule has 0 heterocycles. The fraction of sp³-hybridized carbons (Fsp3) is 0.974. The second kappa shape index (κ2) is 73.3. The normalized spacial score (nSPS) is 12.4. The molecule has 0 aromatic rings. The van der Waals surface area contributed by atoms with Crippen molar-refractivity contribution in [2.24, 2.45) is 0 Å². The number of unbranched alkanes of at least 4 members (excludes halogenated alkanes) is 63. The van der Waals surface area contributed by atoms with E-state index in [2.05, 4.69) is 19.2 Å². The van der Waals surface area contributed by atoms with Gasteiger partial charge in [-0.25, -0.2) is 0 Å². The Morgan fingerprint density at radius 1 is 0.289 bits per heavy atom. The number of ether oxygens (including phenoxy) is 1. The second-order valence-electron chi connectivity index (χ2n) is 27.1. The van der Waals surface area contributed by atoms with Gasteiger partial charge in [0.15, 0.2) is 0 Å². The van der Waals surface area contributed by atoms with Crippen LogP contribution in [0, 0.1) is 0 Å². The maximum absolute atomic E-state index is 12.6. The lowest BCUT2D eigenvalue weighted by Gasteiger charge is -2.22. The Labute approximate surface area is 521 Å². The first-order valence-electron chi connectivity index (χ1n) is 38.8. The first-order valence-corrected chi connectivity index (χ1v) is 38.8. The van der Waals surface area contributed by atoms with Gasteiger partial charge >= 0.3 is 5.97 Å². The topological polar surface area (TPSA) is 95.9 Å². The van der Waals surface area contributed by atoms with Crippen molar-refractivity contribution < 1.29 is 24.5 Å². The van der Waals surface area contributed by atoms with Crippen molar-refractivity contribution in [3.05, 3.63) is 0 Å². The average Bonchev–Trinajstić information content (AvgIpc) is 3.49. The van der Waals surface area contributed by atoms with Gasteiger partial charge in [-0.15, -0.1) is 0 Å². The fourth-order valence-electron chi connectivity index (χ4n) is 12.8. The number of carbonyl (C=O) groups excluding carboxylic acids is 2. The minimum Gasteiger partial charge on any atom is -0.466 e. The molecule has 0 fully saturated rings. The quantitative estimate of drug-likeness (QED) is 0.0417. The van der Waals surface area contributed by atoms with Gasteiger partial charge in [0.1, 0.15) is 0 Å². The summed E-state index contributed by atoms with van der Waals surface area (Å²) >= 11 is 0. The molecule has 1 amide bonds. The zero-order valence-electron chi connectivity index (χ0n) is 57.0. The maximum atomic E-state index is 12.6. The summed E-state index contributed by atoms with van der Waals surface area (Å²) in [7, 11) is 0. The molecule has 496 valence electrons. The molecule has 0 bridgehead atoms. The summed E-state index contributed by atoms with van der Waals surface area (Å²) in [5, 5.41) is 23.5. The Hall–Kier alpha value is -1.14. The minimum atomic E-state index is -0.663. The first-order chi connectivity index (χ1) is 41.0. The number of rotatable bonds is 74. The predicted molar refractivity (Wildman–Crippen MR) is 366 cm³/mol. The molecule has 0 saturated carbocycles. The number of carbonyl (C=O) groups is 2. The van der Waals surface area contributed by atoms with Crippen LogP contribution in [0.1, 0.15) is 457 Å². The van der Waals surface area contributed by atoms with Gasteiger partial charge < -0.3 is 20.3 Å². The van der Waals surface area contributed by atoms with E-state index in [9.17, 15) is 19.8 Å². The van der Waals surface area contributed by atoms with E-state index >= 15 is 0 Å². The van der Waals surface area contributed by atoms with E-state index in [1.54, 1.807) is 0 Å². The molecule has 2 unspecified atom stereocenters. The smallest absolute Gasteiger partial charge is 0.305 e. The number of hydrogen-bond donors (Lipinski definition) is 3. The maximum Gasteiger partial charge on any atom is 0.305 e. The van der Waals surface area contributed by atoms with Crippen LogP contribution in [0.5, 0.6) is 0 Å². The minimum absolute atomic E-state index is 0.0230. The Kier molecular flexibility index (Phi) is 72.3. The zero-order chi connectivity index (χ0) is 59.9. The van der Waals surface area contributed by atoms with Crippen LogP contribution >= 0.6 is 0 Å². The molecule has 2 atom stereocenters. The molecule has 0 rings (SSSR count). The van der Waals surface area contributed by atoms with Crippen molar-refractivity contribution in [1.29, 1.82) is 0 Å². The summed E-state index contributed by atoms with van der Waals surface area (Å²) in [6, 6.07) is -0.540. The van der Waals surface area contributed by atoms with Crippen LogP contribution in [0.15, 0.2) is 0 Å². The van der Waals surface area contributed by atoms with Gasteiger partial charge in [0.25, 0.3) is 0 Å². The summed E-state index contributed by atoms with van der Waals surface area (Å²) in [4.78, 5) is 24.7. The molecule has 6 heteroatoms. The average molecular weight is 1170 g/mol. The second-order valence-corrected chi connectivity index (χ2v) is 27.1. The molecule has 0 saturated heterocycles. The molecular formula is C77H153NO5. The van der Waals surface area contributed by atoms with E-state index in [-0.39, 0.29) is 18.5 Å². The molecule has 0 aliphatic carbocycles. The summed E-state index contributed by atoms with van der Waals surface area (Å²) < 4.78 is 5.51. The summed E-state index contributed by atoms with van der Waals surface area (Å²) in [6.07, 6.45) is 90.4. The zero-order valence-corrected chi connectivity index (χ0v) is 57.0. The van der Waals surface area contributed by atoms with E-state index in [0.717, 1.165) is 38.5 Å². The lowest BCUT2D eigenvalue weighted by Crippen LogP contribution is -2.45. The van der Waals surface area contributed by atoms with E-state index in [1.165, 1.54) is 385 Å². The molecule has 83 heavy (non-hydrogen) atoms. The van der Waals surface area contributed by atoms with E-state index in [0.29, 0.717) is 25.9 Å². The van der Waals surface area contributed by atoms with Gasteiger partial charge in [0, 0.05) is 12.8 Å². The molecule has 0 aromatic carbocycles. The monoisotopic (exact) mass is 1170 g/mol. The van der Waals surface area contributed by atoms with Crippen LogP contribution in [0.3, 0.4) is 0 Å². The van der Waals surface area contributed by atoms with Gasteiger partial charge in [0.05, 0.1) is 25.4 Å². The van der Waals surface area contributed by atoms with Gasteiger partial charge in [0.2, 0.25) is 5.91 Å². The van der Waals surface area contributed by atoms with Crippen LogP contribution < -0.4 is 5.32 Å². The number of aliphatic hydroxyl groups is 2. The highest BCUT2D eigenvalue weighted by Gasteiger charge is 2.20. The predicted octanol–water partition coefficient (Wildman–Crippen LogP) is 25.3. The number of hydrogen-bond acceptors (Lipinski definition) is 5. The Bertz CT molecular complexity index is 1210. The lowest BCUT2D eigenvalue weighted by atomic mass is 10.0. The molecule has 6 nitrogen and oxygen atoms in total. The largest absolute Gasteiger partial charge is 0.466 e.